The molecule has 1 saturated heterocycles. The number of likely N-dealkylation sites (tertiary alicyclic amines) is 1. The van der Waals surface area contributed by atoms with Crippen LogP contribution in [0.4, 0.5) is 4.79 Å². The zero-order valence-electron chi connectivity index (χ0n) is 14.8. The van der Waals surface area contributed by atoms with Crippen molar-refractivity contribution in [1.82, 2.24) is 10.2 Å². The Morgan fingerprint density at radius 2 is 1.84 bits per heavy atom. The number of amides is 2. The lowest BCUT2D eigenvalue weighted by Crippen LogP contribution is -2.44. The van der Waals surface area contributed by atoms with Crippen molar-refractivity contribution in [3.05, 3.63) is 33.8 Å². The minimum atomic E-state index is -0.509. The van der Waals surface area contributed by atoms with Crippen molar-refractivity contribution in [2.75, 3.05) is 13.1 Å². The molecule has 1 aromatic rings. The van der Waals surface area contributed by atoms with E-state index in [9.17, 15) is 9.59 Å². The Bertz CT molecular complexity index is 636. The van der Waals surface area contributed by atoms with Crippen molar-refractivity contribution in [2.24, 2.45) is 5.92 Å². The second kappa shape index (κ2) is 8.28. The third kappa shape index (κ3) is 6.08. The number of carbonyl (C=O) groups is 2. The molecule has 0 saturated carbocycles. The molecule has 0 spiro atoms. The Labute approximate surface area is 158 Å². The molecule has 0 bridgehead atoms. The van der Waals surface area contributed by atoms with Crippen LogP contribution in [0.25, 0.3) is 0 Å². The SMILES string of the molecule is CC(C)(C)OC(=O)N1CCC(C(=O)NCc2ccc(Cl)c(Cl)c2)CC1. The van der Waals surface area contributed by atoms with Gasteiger partial charge < -0.3 is 15.0 Å². The number of rotatable bonds is 3. The number of benzene rings is 1. The molecule has 25 heavy (non-hydrogen) atoms. The average Bonchev–Trinajstić information content (AvgIpc) is 2.54. The van der Waals surface area contributed by atoms with Gasteiger partial charge in [-0.05, 0) is 51.3 Å². The molecule has 2 amide bonds. The van der Waals surface area contributed by atoms with Crippen molar-refractivity contribution >= 4 is 35.2 Å². The van der Waals surface area contributed by atoms with Gasteiger partial charge in [0.1, 0.15) is 5.60 Å². The molecule has 0 atom stereocenters. The van der Waals surface area contributed by atoms with E-state index in [0.29, 0.717) is 42.5 Å². The predicted octanol–water partition coefficient (Wildman–Crippen LogP) is 4.26. The van der Waals surface area contributed by atoms with Crippen LogP contribution >= 0.6 is 23.2 Å². The van der Waals surface area contributed by atoms with E-state index in [0.717, 1.165) is 5.56 Å². The largest absolute Gasteiger partial charge is 0.444 e. The summed E-state index contributed by atoms with van der Waals surface area (Å²) in [6.45, 7) is 6.98. The highest BCUT2D eigenvalue weighted by Crippen LogP contribution is 2.23. The minimum Gasteiger partial charge on any atom is -0.444 e. The Morgan fingerprint density at radius 1 is 1.20 bits per heavy atom. The molecule has 0 aromatic heterocycles. The summed E-state index contributed by atoms with van der Waals surface area (Å²) in [5.74, 6) is -0.101. The van der Waals surface area contributed by atoms with Crippen molar-refractivity contribution in [3.8, 4) is 0 Å². The molecule has 1 fully saturated rings. The Morgan fingerprint density at radius 3 is 2.40 bits per heavy atom. The maximum Gasteiger partial charge on any atom is 0.410 e. The number of nitrogens with zero attached hydrogens (tertiary/aromatic N) is 1. The fourth-order valence-electron chi connectivity index (χ4n) is 2.63. The molecule has 1 aromatic carbocycles. The molecule has 1 aliphatic rings. The number of hydrogen-bond donors (Lipinski definition) is 1. The monoisotopic (exact) mass is 386 g/mol. The molecule has 1 heterocycles. The van der Waals surface area contributed by atoms with E-state index in [4.69, 9.17) is 27.9 Å². The van der Waals surface area contributed by atoms with Crippen LogP contribution in [-0.2, 0) is 16.1 Å². The van der Waals surface area contributed by atoms with Gasteiger partial charge in [0.25, 0.3) is 0 Å². The van der Waals surface area contributed by atoms with Gasteiger partial charge in [0.05, 0.1) is 10.0 Å². The lowest BCUT2D eigenvalue weighted by Gasteiger charge is -2.32. The average molecular weight is 387 g/mol. The molecule has 0 unspecified atom stereocenters. The number of carbonyl (C=O) groups excluding carboxylic acids is 2. The summed E-state index contributed by atoms with van der Waals surface area (Å²) in [4.78, 5) is 26.0. The topological polar surface area (TPSA) is 58.6 Å². The Kier molecular flexibility index (Phi) is 6.58. The second-order valence-electron chi connectivity index (χ2n) is 7.21. The lowest BCUT2D eigenvalue weighted by molar-refractivity contribution is -0.126. The van der Waals surface area contributed by atoms with Gasteiger partial charge in [-0.25, -0.2) is 4.79 Å². The Hall–Kier alpha value is -1.46. The molecule has 5 nitrogen and oxygen atoms in total. The zero-order valence-corrected chi connectivity index (χ0v) is 16.3. The summed E-state index contributed by atoms with van der Waals surface area (Å²) >= 11 is 11.9. The van der Waals surface area contributed by atoms with Crippen molar-refractivity contribution < 1.29 is 14.3 Å². The van der Waals surface area contributed by atoms with Crippen LogP contribution in [0.1, 0.15) is 39.2 Å². The van der Waals surface area contributed by atoms with Crippen LogP contribution < -0.4 is 5.32 Å². The molecule has 1 aliphatic heterocycles. The Balaban J connectivity index is 1.79. The highest BCUT2D eigenvalue weighted by Gasteiger charge is 2.29. The first kappa shape index (κ1) is 19.9. The first-order valence-electron chi connectivity index (χ1n) is 8.35. The molecular formula is C18H24Cl2N2O3. The van der Waals surface area contributed by atoms with E-state index in [2.05, 4.69) is 5.32 Å². The lowest BCUT2D eigenvalue weighted by atomic mass is 9.96. The normalized spacial score (nSPS) is 15.8. The van der Waals surface area contributed by atoms with Gasteiger partial charge in [0.2, 0.25) is 5.91 Å². The fourth-order valence-corrected chi connectivity index (χ4v) is 2.95. The van der Waals surface area contributed by atoms with Gasteiger partial charge in [-0.15, -0.1) is 0 Å². The number of nitrogens with one attached hydrogen (secondary N) is 1. The summed E-state index contributed by atoms with van der Waals surface area (Å²) in [6, 6.07) is 5.29. The predicted molar refractivity (Wildman–Crippen MR) is 98.8 cm³/mol. The third-order valence-corrected chi connectivity index (χ3v) is 4.71. The van der Waals surface area contributed by atoms with Gasteiger partial charge in [0.15, 0.2) is 0 Å². The molecule has 1 N–H and O–H groups in total. The van der Waals surface area contributed by atoms with Gasteiger partial charge in [0, 0.05) is 25.6 Å². The number of piperidine rings is 1. The molecule has 0 radical (unpaired) electrons. The molecular weight excluding hydrogens is 363 g/mol. The maximum atomic E-state index is 12.3. The van der Waals surface area contributed by atoms with E-state index in [1.54, 1.807) is 17.0 Å². The first-order valence-corrected chi connectivity index (χ1v) is 9.11. The molecule has 2 rings (SSSR count). The van der Waals surface area contributed by atoms with Crippen LogP contribution in [0, 0.1) is 5.92 Å². The van der Waals surface area contributed by atoms with E-state index in [1.165, 1.54) is 0 Å². The van der Waals surface area contributed by atoms with Crippen LogP contribution in [0.5, 0.6) is 0 Å². The first-order chi connectivity index (χ1) is 11.7. The molecule has 0 aliphatic carbocycles. The van der Waals surface area contributed by atoms with Gasteiger partial charge in [-0.2, -0.15) is 0 Å². The number of ether oxygens (including phenoxy) is 1. The molecule has 7 heteroatoms. The summed E-state index contributed by atoms with van der Waals surface area (Å²) in [7, 11) is 0. The maximum absolute atomic E-state index is 12.3. The van der Waals surface area contributed by atoms with Crippen molar-refractivity contribution in [1.29, 1.82) is 0 Å². The van der Waals surface area contributed by atoms with Crippen LogP contribution in [0.15, 0.2) is 18.2 Å². The van der Waals surface area contributed by atoms with Crippen molar-refractivity contribution in [3.63, 3.8) is 0 Å². The summed E-state index contributed by atoms with van der Waals surface area (Å²) in [5, 5.41) is 3.89. The quantitative estimate of drug-likeness (QED) is 0.843. The summed E-state index contributed by atoms with van der Waals surface area (Å²) < 4.78 is 5.36. The van der Waals surface area contributed by atoms with Gasteiger partial charge in [-0.1, -0.05) is 29.3 Å². The van der Waals surface area contributed by atoms with E-state index in [-0.39, 0.29) is 17.9 Å². The van der Waals surface area contributed by atoms with Crippen LogP contribution in [-0.4, -0.2) is 35.6 Å². The second-order valence-corrected chi connectivity index (χ2v) is 8.02. The van der Waals surface area contributed by atoms with Crippen LogP contribution in [0.2, 0.25) is 10.0 Å². The van der Waals surface area contributed by atoms with E-state index in [1.807, 2.05) is 26.8 Å². The summed E-state index contributed by atoms with van der Waals surface area (Å²) in [5.41, 5.74) is 0.388. The van der Waals surface area contributed by atoms with E-state index >= 15 is 0 Å². The standard InChI is InChI=1S/C18H24Cl2N2O3/c1-18(2,3)25-17(24)22-8-6-13(7-9-22)16(23)21-11-12-4-5-14(19)15(20)10-12/h4-5,10,13H,6-9,11H2,1-3H3,(H,21,23). The van der Waals surface area contributed by atoms with Gasteiger partial charge >= 0.3 is 6.09 Å². The molecule has 138 valence electrons. The highest BCUT2D eigenvalue weighted by atomic mass is 35.5. The number of halogens is 2. The smallest absolute Gasteiger partial charge is 0.410 e. The van der Waals surface area contributed by atoms with Gasteiger partial charge in [-0.3, -0.25) is 4.79 Å². The fraction of sp³-hybridized carbons (Fsp3) is 0.556. The zero-order chi connectivity index (χ0) is 18.6. The third-order valence-electron chi connectivity index (χ3n) is 3.97. The highest BCUT2D eigenvalue weighted by molar-refractivity contribution is 6.42. The van der Waals surface area contributed by atoms with E-state index < -0.39 is 5.60 Å². The van der Waals surface area contributed by atoms with Crippen LogP contribution in [0.3, 0.4) is 0 Å². The summed E-state index contributed by atoms with van der Waals surface area (Å²) in [6.07, 6.45) is 0.945. The minimum absolute atomic E-state index is 0.00471. The van der Waals surface area contributed by atoms with Crippen molar-refractivity contribution in [2.45, 2.75) is 45.8 Å². The number of hydrogen-bond acceptors (Lipinski definition) is 3.